The lowest BCUT2D eigenvalue weighted by Crippen LogP contribution is -2.38. The van der Waals surface area contributed by atoms with E-state index in [1.165, 1.54) is 16.5 Å². The minimum atomic E-state index is 0.0390. The van der Waals surface area contributed by atoms with E-state index in [-0.39, 0.29) is 11.7 Å². The number of likely N-dealkylation sites (tertiary alicyclic amines) is 1. The highest BCUT2D eigenvalue weighted by molar-refractivity contribution is 6.04. The number of benzene rings is 1. The van der Waals surface area contributed by atoms with Crippen molar-refractivity contribution in [3.8, 4) is 0 Å². The standard InChI is InChI=1S/C23H25N3O2/c1-14-21-19(7-4-8-20(21)27)25-22(14)23(28)26-11-9-15(10-12-26)17-13-24-18-6-3-2-5-16(17)18/h2-3,5-6,13,15,24-25H,4,7-12H2,1H3. The van der Waals surface area contributed by atoms with Crippen LogP contribution in [0.2, 0.25) is 0 Å². The number of aryl methyl sites for hydroxylation is 1. The fraction of sp³-hybridized carbons (Fsp3) is 0.391. The summed E-state index contributed by atoms with van der Waals surface area (Å²) in [5.74, 6) is 0.684. The number of carbonyl (C=O) groups excluding carboxylic acids is 2. The van der Waals surface area contributed by atoms with Crippen molar-refractivity contribution in [3.05, 3.63) is 58.5 Å². The van der Waals surface area contributed by atoms with Gasteiger partial charge in [0.1, 0.15) is 5.69 Å². The van der Waals surface area contributed by atoms with Crippen LogP contribution in [-0.4, -0.2) is 39.6 Å². The molecule has 144 valence electrons. The Morgan fingerprint density at radius 1 is 1.14 bits per heavy atom. The number of hydrogen-bond donors (Lipinski definition) is 2. The fourth-order valence-corrected chi connectivity index (χ4v) is 4.97. The van der Waals surface area contributed by atoms with Crippen molar-refractivity contribution in [3.63, 3.8) is 0 Å². The number of hydrogen-bond acceptors (Lipinski definition) is 2. The number of nitrogens with one attached hydrogen (secondary N) is 2. The number of carbonyl (C=O) groups is 2. The zero-order valence-corrected chi connectivity index (χ0v) is 16.2. The molecule has 1 amide bonds. The summed E-state index contributed by atoms with van der Waals surface area (Å²) in [7, 11) is 0. The highest BCUT2D eigenvalue weighted by Crippen LogP contribution is 2.34. The van der Waals surface area contributed by atoms with Crippen LogP contribution < -0.4 is 0 Å². The monoisotopic (exact) mass is 375 g/mol. The highest BCUT2D eigenvalue weighted by Gasteiger charge is 2.31. The predicted octanol–water partition coefficient (Wildman–Crippen LogP) is 4.34. The van der Waals surface area contributed by atoms with E-state index < -0.39 is 0 Å². The number of nitrogens with zero attached hydrogens (tertiary/aromatic N) is 1. The number of amides is 1. The summed E-state index contributed by atoms with van der Waals surface area (Å²) in [5, 5.41) is 1.29. The van der Waals surface area contributed by atoms with Gasteiger partial charge in [-0.25, -0.2) is 0 Å². The van der Waals surface area contributed by atoms with Gasteiger partial charge in [0.25, 0.3) is 5.91 Å². The van der Waals surface area contributed by atoms with Crippen molar-refractivity contribution in [1.82, 2.24) is 14.9 Å². The van der Waals surface area contributed by atoms with Crippen molar-refractivity contribution in [2.75, 3.05) is 13.1 Å². The number of Topliss-reactive ketones (excluding diaryl/α,β-unsaturated/α-hetero) is 1. The first-order valence-electron chi connectivity index (χ1n) is 10.2. The number of aromatic amines is 2. The number of para-hydroxylation sites is 1. The molecule has 0 saturated carbocycles. The van der Waals surface area contributed by atoms with Crippen LogP contribution in [0.25, 0.3) is 10.9 Å². The molecule has 0 unspecified atom stereocenters. The Morgan fingerprint density at radius 3 is 2.71 bits per heavy atom. The molecule has 0 spiro atoms. The second-order valence-corrected chi connectivity index (χ2v) is 8.11. The average Bonchev–Trinajstić information content (AvgIpc) is 3.30. The van der Waals surface area contributed by atoms with Crippen molar-refractivity contribution in [2.24, 2.45) is 0 Å². The summed E-state index contributed by atoms with van der Waals surface area (Å²) in [4.78, 5) is 34.0. The van der Waals surface area contributed by atoms with E-state index in [0.717, 1.165) is 55.6 Å². The van der Waals surface area contributed by atoms with Crippen molar-refractivity contribution >= 4 is 22.6 Å². The number of ketones is 1. The van der Waals surface area contributed by atoms with Crippen LogP contribution in [0.1, 0.15) is 69.3 Å². The first kappa shape index (κ1) is 17.3. The Bertz CT molecular complexity index is 1070. The Labute approximate surface area is 164 Å². The Kier molecular flexibility index (Phi) is 4.11. The first-order chi connectivity index (χ1) is 13.6. The van der Waals surface area contributed by atoms with Gasteiger partial charge in [-0.15, -0.1) is 0 Å². The number of fused-ring (bicyclic) bond motifs is 2. The molecular weight excluding hydrogens is 350 g/mol. The van der Waals surface area contributed by atoms with Crippen LogP contribution in [0.4, 0.5) is 0 Å². The van der Waals surface area contributed by atoms with E-state index in [1.54, 1.807) is 0 Å². The van der Waals surface area contributed by atoms with Gasteiger partial charge in [0.05, 0.1) is 0 Å². The minimum absolute atomic E-state index is 0.0390. The van der Waals surface area contributed by atoms with Gasteiger partial charge in [-0.1, -0.05) is 18.2 Å². The van der Waals surface area contributed by atoms with Crippen LogP contribution >= 0.6 is 0 Å². The third-order valence-electron chi connectivity index (χ3n) is 6.49. The van der Waals surface area contributed by atoms with Gasteiger partial charge in [0, 0.05) is 47.9 Å². The van der Waals surface area contributed by atoms with Crippen molar-refractivity contribution in [1.29, 1.82) is 0 Å². The van der Waals surface area contributed by atoms with Gasteiger partial charge in [0.15, 0.2) is 5.78 Å². The number of rotatable bonds is 2. The topological polar surface area (TPSA) is 69.0 Å². The lowest BCUT2D eigenvalue weighted by molar-refractivity contribution is 0.0707. The lowest BCUT2D eigenvalue weighted by atomic mass is 9.89. The number of aromatic nitrogens is 2. The van der Waals surface area contributed by atoms with Crippen LogP contribution in [0.5, 0.6) is 0 Å². The molecule has 5 nitrogen and oxygen atoms in total. The molecule has 1 fully saturated rings. The van der Waals surface area contributed by atoms with E-state index in [9.17, 15) is 9.59 Å². The first-order valence-corrected chi connectivity index (χ1v) is 10.2. The van der Waals surface area contributed by atoms with Crippen LogP contribution in [-0.2, 0) is 6.42 Å². The zero-order chi connectivity index (χ0) is 19.3. The molecule has 0 bridgehead atoms. The van der Waals surface area contributed by atoms with Crippen LogP contribution in [0.15, 0.2) is 30.5 Å². The molecule has 28 heavy (non-hydrogen) atoms. The average molecular weight is 375 g/mol. The van der Waals surface area contributed by atoms with Gasteiger partial charge < -0.3 is 14.9 Å². The molecule has 2 aliphatic rings. The van der Waals surface area contributed by atoms with E-state index in [0.29, 0.717) is 18.0 Å². The third kappa shape index (κ3) is 2.68. The highest BCUT2D eigenvalue weighted by atomic mass is 16.2. The fourth-order valence-electron chi connectivity index (χ4n) is 4.97. The van der Waals surface area contributed by atoms with Gasteiger partial charge in [-0.05, 0) is 55.7 Å². The van der Waals surface area contributed by atoms with E-state index in [4.69, 9.17) is 0 Å². The summed E-state index contributed by atoms with van der Waals surface area (Å²) < 4.78 is 0. The van der Waals surface area contributed by atoms with Crippen molar-refractivity contribution in [2.45, 2.75) is 44.9 Å². The minimum Gasteiger partial charge on any atom is -0.361 e. The second-order valence-electron chi connectivity index (χ2n) is 8.11. The molecular formula is C23H25N3O2. The molecule has 1 aliphatic heterocycles. The number of piperidine rings is 1. The molecule has 2 aromatic heterocycles. The molecule has 0 radical (unpaired) electrons. The normalized spacial score (nSPS) is 17.9. The lowest BCUT2D eigenvalue weighted by Gasteiger charge is -2.32. The van der Waals surface area contributed by atoms with E-state index >= 15 is 0 Å². The van der Waals surface area contributed by atoms with Crippen molar-refractivity contribution < 1.29 is 9.59 Å². The summed E-state index contributed by atoms with van der Waals surface area (Å²) in [6, 6.07) is 8.40. The Morgan fingerprint density at radius 2 is 1.93 bits per heavy atom. The Balaban J connectivity index is 1.33. The molecule has 3 aromatic rings. The predicted molar refractivity (Wildman–Crippen MR) is 109 cm³/mol. The summed E-state index contributed by atoms with van der Waals surface area (Å²) >= 11 is 0. The maximum atomic E-state index is 13.1. The largest absolute Gasteiger partial charge is 0.361 e. The summed E-state index contributed by atoms with van der Waals surface area (Å²) in [5.41, 5.74) is 5.70. The van der Waals surface area contributed by atoms with E-state index in [1.807, 2.05) is 17.9 Å². The molecule has 5 heteroatoms. The maximum absolute atomic E-state index is 13.1. The molecule has 5 rings (SSSR count). The van der Waals surface area contributed by atoms with Crippen LogP contribution in [0.3, 0.4) is 0 Å². The molecule has 0 atom stereocenters. The summed E-state index contributed by atoms with van der Waals surface area (Å²) in [6.45, 7) is 3.41. The molecule has 2 N–H and O–H groups in total. The third-order valence-corrected chi connectivity index (χ3v) is 6.49. The number of H-pyrrole nitrogens is 2. The van der Waals surface area contributed by atoms with Gasteiger partial charge in [0.2, 0.25) is 0 Å². The van der Waals surface area contributed by atoms with Crippen LogP contribution in [0, 0.1) is 6.92 Å². The molecule has 1 saturated heterocycles. The molecule has 3 heterocycles. The smallest absolute Gasteiger partial charge is 0.270 e. The maximum Gasteiger partial charge on any atom is 0.270 e. The molecule has 1 aromatic carbocycles. The van der Waals surface area contributed by atoms with Gasteiger partial charge in [-0.3, -0.25) is 9.59 Å². The SMILES string of the molecule is Cc1c(C(=O)N2CCC(c3c[nH]c4ccccc34)CC2)[nH]c2c1C(=O)CCC2. The van der Waals surface area contributed by atoms with Gasteiger partial charge in [-0.2, -0.15) is 0 Å². The second kappa shape index (κ2) is 6.66. The quantitative estimate of drug-likeness (QED) is 0.699. The molecule has 1 aliphatic carbocycles. The Hall–Kier alpha value is -2.82. The van der Waals surface area contributed by atoms with E-state index in [2.05, 4.69) is 34.4 Å². The van der Waals surface area contributed by atoms with Gasteiger partial charge >= 0.3 is 0 Å². The zero-order valence-electron chi connectivity index (χ0n) is 16.2. The summed E-state index contributed by atoms with van der Waals surface area (Å²) in [6.07, 6.45) is 6.38.